The lowest BCUT2D eigenvalue weighted by Gasteiger charge is -2.08. The van der Waals surface area contributed by atoms with Crippen LogP contribution in [0.4, 0.5) is 5.69 Å². The van der Waals surface area contributed by atoms with E-state index in [9.17, 15) is 0 Å². The number of anilines is 1. The summed E-state index contributed by atoms with van der Waals surface area (Å²) in [7, 11) is 0. The van der Waals surface area contributed by atoms with Crippen molar-refractivity contribution in [1.82, 2.24) is 0 Å². The van der Waals surface area contributed by atoms with Gasteiger partial charge < -0.3 is 5.32 Å². The summed E-state index contributed by atoms with van der Waals surface area (Å²) in [5.74, 6) is 0. The van der Waals surface area contributed by atoms with Crippen LogP contribution in [-0.4, -0.2) is 0 Å². The highest BCUT2D eigenvalue weighted by atomic mass is 32.1. The molecule has 0 saturated heterocycles. The number of hydrogen-bond acceptors (Lipinski definition) is 3. The zero-order valence-electron chi connectivity index (χ0n) is 9.95. The standard InChI is InChI=1S/C14H14N2S/c1-10-3-4-14(12(5-10)6-15)16-7-13-9-17-8-11(13)2/h3-5,8-9,16H,7H2,1-2H3. The molecule has 1 aromatic carbocycles. The van der Waals surface area contributed by atoms with E-state index >= 15 is 0 Å². The summed E-state index contributed by atoms with van der Waals surface area (Å²) in [6.45, 7) is 4.87. The largest absolute Gasteiger partial charge is 0.380 e. The van der Waals surface area contributed by atoms with Crippen LogP contribution in [0.25, 0.3) is 0 Å². The highest BCUT2D eigenvalue weighted by Gasteiger charge is 2.03. The van der Waals surface area contributed by atoms with E-state index in [-0.39, 0.29) is 0 Å². The van der Waals surface area contributed by atoms with Gasteiger partial charge in [-0.05, 0) is 53.4 Å². The first-order valence-electron chi connectivity index (χ1n) is 5.47. The van der Waals surface area contributed by atoms with Gasteiger partial charge in [-0.2, -0.15) is 16.6 Å². The summed E-state index contributed by atoms with van der Waals surface area (Å²) in [6.07, 6.45) is 0. The van der Waals surface area contributed by atoms with Gasteiger partial charge in [-0.25, -0.2) is 0 Å². The molecule has 2 nitrogen and oxygen atoms in total. The fraction of sp³-hybridized carbons (Fsp3) is 0.214. The first-order chi connectivity index (χ1) is 8.20. The molecule has 0 atom stereocenters. The van der Waals surface area contributed by atoms with Crippen molar-refractivity contribution < 1.29 is 0 Å². The molecular weight excluding hydrogens is 228 g/mol. The third-order valence-electron chi connectivity index (χ3n) is 2.73. The molecule has 0 amide bonds. The normalized spacial score (nSPS) is 9.94. The van der Waals surface area contributed by atoms with E-state index in [1.54, 1.807) is 11.3 Å². The highest BCUT2D eigenvalue weighted by Crippen LogP contribution is 2.19. The topological polar surface area (TPSA) is 35.8 Å². The quantitative estimate of drug-likeness (QED) is 0.887. The van der Waals surface area contributed by atoms with Gasteiger partial charge in [-0.3, -0.25) is 0 Å². The highest BCUT2D eigenvalue weighted by molar-refractivity contribution is 7.08. The Morgan fingerprint density at radius 1 is 1.29 bits per heavy atom. The summed E-state index contributed by atoms with van der Waals surface area (Å²) in [5, 5.41) is 16.7. The van der Waals surface area contributed by atoms with Crippen molar-refractivity contribution in [3.8, 4) is 6.07 Å². The molecule has 17 heavy (non-hydrogen) atoms. The summed E-state index contributed by atoms with van der Waals surface area (Å²) in [4.78, 5) is 0. The Labute approximate surface area is 106 Å². The van der Waals surface area contributed by atoms with E-state index in [2.05, 4.69) is 29.1 Å². The Kier molecular flexibility index (Phi) is 3.46. The molecular formula is C14H14N2S. The number of nitrogens with zero attached hydrogens (tertiary/aromatic N) is 1. The molecule has 0 unspecified atom stereocenters. The van der Waals surface area contributed by atoms with Crippen molar-refractivity contribution >= 4 is 17.0 Å². The smallest absolute Gasteiger partial charge is 0.101 e. The van der Waals surface area contributed by atoms with Crippen LogP contribution in [-0.2, 0) is 6.54 Å². The third-order valence-corrected chi connectivity index (χ3v) is 3.64. The number of nitrogens with one attached hydrogen (secondary N) is 1. The van der Waals surface area contributed by atoms with E-state index in [0.717, 1.165) is 17.8 Å². The minimum absolute atomic E-state index is 0.706. The minimum atomic E-state index is 0.706. The van der Waals surface area contributed by atoms with Crippen LogP contribution in [0, 0.1) is 25.2 Å². The minimum Gasteiger partial charge on any atom is -0.380 e. The second kappa shape index (κ2) is 5.03. The molecule has 0 bridgehead atoms. The lowest BCUT2D eigenvalue weighted by Crippen LogP contribution is -2.01. The molecule has 1 N–H and O–H groups in total. The maximum atomic E-state index is 9.07. The molecule has 86 valence electrons. The van der Waals surface area contributed by atoms with E-state index in [4.69, 9.17) is 5.26 Å². The second-order valence-electron chi connectivity index (χ2n) is 4.09. The van der Waals surface area contributed by atoms with E-state index in [1.165, 1.54) is 11.1 Å². The summed E-state index contributed by atoms with van der Waals surface area (Å²) in [5.41, 5.74) is 5.31. The first-order valence-corrected chi connectivity index (χ1v) is 6.41. The van der Waals surface area contributed by atoms with Crippen molar-refractivity contribution in [2.45, 2.75) is 20.4 Å². The van der Waals surface area contributed by atoms with Crippen LogP contribution >= 0.6 is 11.3 Å². The molecule has 3 heteroatoms. The Morgan fingerprint density at radius 2 is 2.12 bits per heavy atom. The van der Waals surface area contributed by atoms with Gasteiger partial charge in [0.1, 0.15) is 6.07 Å². The zero-order chi connectivity index (χ0) is 12.3. The Balaban J connectivity index is 2.15. The number of hydrogen-bond donors (Lipinski definition) is 1. The monoisotopic (exact) mass is 242 g/mol. The SMILES string of the molecule is Cc1ccc(NCc2cscc2C)c(C#N)c1. The molecule has 0 aliphatic carbocycles. The first kappa shape index (κ1) is 11.7. The molecule has 2 aromatic rings. The van der Waals surface area contributed by atoms with Crippen LogP contribution in [0.1, 0.15) is 22.3 Å². The fourth-order valence-electron chi connectivity index (χ4n) is 1.66. The zero-order valence-corrected chi connectivity index (χ0v) is 10.8. The Hall–Kier alpha value is -1.79. The number of rotatable bonds is 3. The van der Waals surface area contributed by atoms with Crippen molar-refractivity contribution in [3.63, 3.8) is 0 Å². The lowest BCUT2D eigenvalue weighted by atomic mass is 10.1. The Bertz CT molecular complexity index is 564. The summed E-state index contributed by atoms with van der Waals surface area (Å²) >= 11 is 1.71. The van der Waals surface area contributed by atoms with Crippen LogP contribution < -0.4 is 5.32 Å². The average Bonchev–Trinajstić information content (AvgIpc) is 2.73. The van der Waals surface area contributed by atoms with Gasteiger partial charge >= 0.3 is 0 Å². The van der Waals surface area contributed by atoms with Gasteiger partial charge in [0.25, 0.3) is 0 Å². The van der Waals surface area contributed by atoms with E-state index in [0.29, 0.717) is 5.56 Å². The van der Waals surface area contributed by atoms with Crippen LogP contribution in [0.15, 0.2) is 29.0 Å². The summed E-state index contributed by atoms with van der Waals surface area (Å²) in [6, 6.07) is 8.11. The molecule has 0 radical (unpaired) electrons. The fourth-order valence-corrected chi connectivity index (χ4v) is 2.52. The second-order valence-corrected chi connectivity index (χ2v) is 4.84. The van der Waals surface area contributed by atoms with Gasteiger partial charge in [0.15, 0.2) is 0 Å². The van der Waals surface area contributed by atoms with Crippen LogP contribution in [0.5, 0.6) is 0 Å². The molecule has 0 spiro atoms. The molecule has 0 saturated carbocycles. The van der Waals surface area contributed by atoms with Crippen molar-refractivity contribution in [1.29, 1.82) is 5.26 Å². The van der Waals surface area contributed by atoms with Gasteiger partial charge in [0.2, 0.25) is 0 Å². The molecule has 0 aliphatic heterocycles. The van der Waals surface area contributed by atoms with Crippen molar-refractivity contribution in [2.75, 3.05) is 5.32 Å². The molecule has 1 heterocycles. The Morgan fingerprint density at radius 3 is 2.76 bits per heavy atom. The molecule has 2 rings (SSSR count). The van der Waals surface area contributed by atoms with Crippen molar-refractivity contribution in [2.24, 2.45) is 0 Å². The number of benzene rings is 1. The molecule has 1 aromatic heterocycles. The van der Waals surface area contributed by atoms with Gasteiger partial charge in [0.05, 0.1) is 11.3 Å². The third kappa shape index (κ3) is 2.66. The van der Waals surface area contributed by atoms with Crippen molar-refractivity contribution in [3.05, 3.63) is 51.2 Å². The maximum absolute atomic E-state index is 9.07. The molecule has 0 fully saturated rings. The maximum Gasteiger partial charge on any atom is 0.101 e. The number of aryl methyl sites for hydroxylation is 2. The van der Waals surface area contributed by atoms with Gasteiger partial charge in [0, 0.05) is 6.54 Å². The van der Waals surface area contributed by atoms with Crippen LogP contribution in [0.2, 0.25) is 0 Å². The average molecular weight is 242 g/mol. The van der Waals surface area contributed by atoms with Gasteiger partial charge in [-0.1, -0.05) is 6.07 Å². The van der Waals surface area contributed by atoms with Gasteiger partial charge in [-0.15, -0.1) is 0 Å². The number of thiophene rings is 1. The van der Waals surface area contributed by atoms with E-state index < -0.39 is 0 Å². The predicted octanol–water partition coefficient (Wildman–Crippen LogP) is 3.85. The lowest BCUT2D eigenvalue weighted by molar-refractivity contribution is 1.13. The predicted molar refractivity (Wildman–Crippen MR) is 72.3 cm³/mol. The summed E-state index contributed by atoms with van der Waals surface area (Å²) < 4.78 is 0. The van der Waals surface area contributed by atoms with Crippen LogP contribution in [0.3, 0.4) is 0 Å². The van der Waals surface area contributed by atoms with E-state index in [1.807, 2.05) is 25.1 Å². The number of nitriles is 1. The molecule has 0 aliphatic rings.